The number of hydrogen-bond acceptors (Lipinski definition) is 4. The van der Waals surface area contributed by atoms with Crippen LogP contribution in [0.1, 0.15) is 12.7 Å². The van der Waals surface area contributed by atoms with E-state index >= 15 is 0 Å². The Kier molecular flexibility index (Phi) is 4.28. The van der Waals surface area contributed by atoms with Crippen LogP contribution in [0.4, 0.5) is 4.39 Å². The van der Waals surface area contributed by atoms with E-state index in [-0.39, 0.29) is 11.9 Å². The number of hydrogen-bond donors (Lipinski definition) is 1. The van der Waals surface area contributed by atoms with Gasteiger partial charge in [-0.1, -0.05) is 5.16 Å². The minimum Gasteiger partial charge on any atom is -0.334 e. The Bertz CT molecular complexity index is 544. The predicted molar refractivity (Wildman–Crippen MR) is 74.6 cm³/mol. The molecule has 0 fully saturated rings. The third-order valence-electron chi connectivity index (χ3n) is 2.61. The van der Waals surface area contributed by atoms with Crippen molar-refractivity contribution in [3.63, 3.8) is 0 Å². The number of benzene rings is 1. The van der Waals surface area contributed by atoms with E-state index in [1.807, 2.05) is 14.0 Å². The zero-order valence-corrected chi connectivity index (χ0v) is 12.2. The SMILES string of the molecule is CNC(C)Cc1noc(-c2cc(F)ccc2I)n1. The molecule has 0 spiro atoms. The van der Waals surface area contributed by atoms with E-state index < -0.39 is 0 Å². The maximum Gasteiger partial charge on any atom is 0.259 e. The number of halogens is 2. The first kappa shape index (κ1) is 13.4. The number of likely N-dealkylation sites (N-methyl/N-ethyl adjacent to an activating group) is 1. The Labute approximate surface area is 118 Å². The van der Waals surface area contributed by atoms with Gasteiger partial charge in [-0.15, -0.1) is 0 Å². The van der Waals surface area contributed by atoms with Crippen LogP contribution in [0.2, 0.25) is 0 Å². The fourth-order valence-corrected chi connectivity index (χ4v) is 2.05. The molecule has 1 unspecified atom stereocenters. The third kappa shape index (κ3) is 3.05. The van der Waals surface area contributed by atoms with E-state index in [2.05, 4.69) is 38.0 Å². The fraction of sp³-hybridized carbons (Fsp3) is 0.333. The molecule has 0 radical (unpaired) electrons. The quantitative estimate of drug-likeness (QED) is 0.851. The summed E-state index contributed by atoms with van der Waals surface area (Å²) in [6.07, 6.45) is 0.673. The maximum absolute atomic E-state index is 13.2. The lowest BCUT2D eigenvalue weighted by atomic mass is 10.2. The first-order chi connectivity index (χ1) is 8.60. The van der Waals surface area contributed by atoms with Crippen molar-refractivity contribution < 1.29 is 8.91 Å². The molecule has 6 heteroatoms. The van der Waals surface area contributed by atoms with Crippen LogP contribution in [0.5, 0.6) is 0 Å². The third-order valence-corrected chi connectivity index (χ3v) is 3.55. The van der Waals surface area contributed by atoms with Crippen molar-refractivity contribution in [2.45, 2.75) is 19.4 Å². The van der Waals surface area contributed by atoms with Crippen molar-refractivity contribution in [1.82, 2.24) is 15.5 Å². The van der Waals surface area contributed by atoms with Crippen LogP contribution in [0.3, 0.4) is 0 Å². The van der Waals surface area contributed by atoms with Gasteiger partial charge < -0.3 is 9.84 Å². The molecule has 1 aromatic heterocycles. The second kappa shape index (κ2) is 5.75. The van der Waals surface area contributed by atoms with Crippen molar-refractivity contribution in [3.8, 4) is 11.5 Å². The minimum absolute atomic E-state index is 0.266. The van der Waals surface area contributed by atoms with Crippen LogP contribution in [-0.4, -0.2) is 23.2 Å². The van der Waals surface area contributed by atoms with Crippen LogP contribution in [0.25, 0.3) is 11.5 Å². The van der Waals surface area contributed by atoms with Gasteiger partial charge in [-0.2, -0.15) is 4.98 Å². The summed E-state index contributed by atoms with van der Waals surface area (Å²) < 4.78 is 19.3. The molecule has 0 saturated heterocycles. The van der Waals surface area contributed by atoms with E-state index in [0.717, 1.165) is 3.57 Å². The summed E-state index contributed by atoms with van der Waals surface area (Å²) in [6.45, 7) is 2.03. The van der Waals surface area contributed by atoms with Gasteiger partial charge in [0.1, 0.15) is 5.82 Å². The molecule has 0 amide bonds. The second-order valence-electron chi connectivity index (χ2n) is 4.03. The molecule has 0 bridgehead atoms. The molecule has 2 rings (SSSR count). The van der Waals surface area contributed by atoms with Gasteiger partial charge in [0.05, 0.1) is 5.56 Å². The molecule has 1 atom stereocenters. The molecule has 0 aliphatic rings. The molecule has 96 valence electrons. The second-order valence-corrected chi connectivity index (χ2v) is 5.20. The maximum atomic E-state index is 13.2. The van der Waals surface area contributed by atoms with Gasteiger partial charge in [0.25, 0.3) is 5.89 Å². The summed E-state index contributed by atoms with van der Waals surface area (Å²) in [5.41, 5.74) is 0.631. The Morgan fingerprint density at radius 1 is 1.50 bits per heavy atom. The monoisotopic (exact) mass is 361 g/mol. The molecule has 18 heavy (non-hydrogen) atoms. The highest BCUT2D eigenvalue weighted by molar-refractivity contribution is 14.1. The van der Waals surface area contributed by atoms with Gasteiger partial charge in [0.2, 0.25) is 0 Å². The Morgan fingerprint density at radius 3 is 3.00 bits per heavy atom. The molecule has 0 aliphatic carbocycles. The van der Waals surface area contributed by atoms with Gasteiger partial charge in [0.15, 0.2) is 5.82 Å². The van der Waals surface area contributed by atoms with E-state index in [1.54, 1.807) is 6.07 Å². The minimum atomic E-state index is -0.311. The van der Waals surface area contributed by atoms with Crippen molar-refractivity contribution in [2.24, 2.45) is 0 Å². The number of nitrogens with zero attached hydrogens (tertiary/aromatic N) is 2. The number of rotatable bonds is 4. The summed E-state index contributed by atoms with van der Waals surface area (Å²) in [7, 11) is 1.88. The van der Waals surface area contributed by atoms with E-state index in [0.29, 0.717) is 23.7 Å². The van der Waals surface area contributed by atoms with E-state index in [1.165, 1.54) is 12.1 Å². The Hall–Kier alpha value is -1.02. The molecule has 0 saturated carbocycles. The Morgan fingerprint density at radius 2 is 2.28 bits per heavy atom. The van der Waals surface area contributed by atoms with E-state index in [9.17, 15) is 4.39 Å². The lowest BCUT2D eigenvalue weighted by molar-refractivity contribution is 0.417. The predicted octanol–water partition coefficient (Wildman–Crippen LogP) is 2.63. The van der Waals surface area contributed by atoms with Crippen LogP contribution < -0.4 is 5.32 Å². The fourth-order valence-electron chi connectivity index (χ4n) is 1.48. The Balaban J connectivity index is 2.26. The van der Waals surface area contributed by atoms with Crippen LogP contribution >= 0.6 is 22.6 Å². The van der Waals surface area contributed by atoms with E-state index in [4.69, 9.17) is 4.52 Å². The van der Waals surface area contributed by atoms with Crippen molar-refractivity contribution in [1.29, 1.82) is 0 Å². The molecule has 1 N–H and O–H groups in total. The van der Waals surface area contributed by atoms with Gasteiger partial charge in [-0.25, -0.2) is 4.39 Å². The normalized spacial score (nSPS) is 12.7. The van der Waals surface area contributed by atoms with Crippen LogP contribution in [0.15, 0.2) is 22.7 Å². The molecular weight excluding hydrogens is 348 g/mol. The topological polar surface area (TPSA) is 51.0 Å². The first-order valence-corrected chi connectivity index (χ1v) is 6.63. The van der Waals surface area contributed by atoms with Crippen molar-refractivity contribution in [2.75, 3.05) is 7.05 Å². The summed E-state index contributed by atoms with van der Waals surface area (Å²) in [4.78, 5) is 4.28. The zero-order chi connectivity index (χ0) is 13.1. The highest BCUT2D eigenvalue weighted by atomic mass is 127. The largest absolute Gasteiger partial charge is 0.334 e. The molecule has 1 heterocycles. The molecule has 0 aliphatic heterocycles. The summed E-state index contributed by atoms with van der Waals surface area (Å²) in [5.74, 6) is 0.665. The van der Waals surface area contributed by atoms with Gasteiger partial charge >= 0.3 is 0 Å². The van der Waals surface area contributed by atoms with Crippen LogP contribution in [0, 0.1) is 9.39 Å². The number of nitrogens with one attached hydrogen (secondary N) is 1. The smallest absolute Gasteiger partial charge is 0.259 e. The standard InChI is InChI=1S/C12H13FIN3O/c1-7(15-2)5-11-16-12(18-17-11)9-6-8(13)3-4-10(9)14/h3-4,6-7,15H,5H2,1-2H3. The molecule has 2 aromatic rings. The van der Waals surface area contributed by atoms with Gasteiger partial charge in [0, 0.05) is 16.0 Å². The average molecular weight is 361 g/mol. The molecule has 1 aromatic carbocycles. The lowest BCUT2D eigenvalue weighted by Crippen LogP contribution is -2.24. The van der Waals surface area contributed by atoms with Gasteiger partial charge in [-0.05, 0) is 54.8 Å². The summed E-state index contributed by atoms with van der Waals surface area (Å²) >= 11 is 2.12. The highest BCUT2D eigenvalue weighted by Crippen LogP contribution is 2.24. The number of aromatic nitrogens is 2. The lowest BCUT2D eigenvalue weighted by Gasteiger charge is -2.04. The average Bonchev–Trinajstić information content (AvgIpc) is 2.80. The highest BCUT2D eigenvalue weighted by Gasteiger charge is 2.14. The van der Waals surface area contributed by atoms with Crippen molar-refractivity contribution in [3.05, 3.63) is 33.4 Å². The molecule has 4 nitrogen and oxygen atoms in total. The van der Waals surface area contributed by atoms with Gasteiger partial charge in [-0.3, -0.25) is 0 Å². The van der Waals surface area contributed by atoms with Crippen LogP contribution in [-0.2, 0) is 6.42 Å². The molecular formula is C12H13FIN3O. The summed E-state index contributed by atoms with van der Waals surface area (Å²) in [6, 6.07) is 4.76. The summed E-state index contributed by atoms with van der Waals surface area (Å²) in [5, 5.41) is 7.00. The van der Waals surface area contributed by atoms with Crippen molar-refractivity contribution >= 4 is 22.6 Å². The first-order valence-electron chi connectivity index (χ1n) is 5.55. The zero-order valence-electron chi connectivity index (χ0n) is 10.1.